The monoisotopic (exact) mass is 373 g/mol. The molecular weight excluding hydrogens is 362 g/mol. The summed E-state index contributed by atoms with van der Waals surface area (Å²) in [6, 6.07) is 7.74. The molecule has 23 heavy (non-hydrogen) atoms. The number of aromatic amines is 3. The molecule has 0 amide bonds. The molecule has 3 aromatic rings. The summed E-state index contributed by atoms with van der Waals surface area (Å²) in [5.74, 6) is 0.684. The Balaban J connectivity index is 2.04. The summed E-state index contributed by atoms with van der Waals surface area (Å²) in [6.45, 7) is 1.91. The number of fused-ring (bicyclic) bond motifs is 2. The standard InChI is InChI=1S/C15H12BrN5O2/c1-6-9-10(7-2-4-8(16)5-3-7)11-12(17-13(9)21-20-6)18-15(23)19-14(11)22/h2-5,10H,1H3,(H4,17,18,19,20,21,22,23)/t10-/m0/s1. The highest BCUT2D eigenvalue weighted by atomic mass is 79.9. The highest BCUT2D eigenvalue weighted by Gasteiger charge is 2.33. The van der Waals surface area contributed by atoms with Gasteiger partial charge >= 0.3 is 5.69 Å². The van der Waals surface area contributed by atoms with E-state index in [1.165, 1.54) is 0 Å². The van der Waals surface area contributed by atoms with Gasteiger partial charge in [0.25, 0.3) is 5.56 Å². The smallest absolute Gasteiger partial charge is 0.324 e. The van der Waals surface area contributed by atoms with Gasteiger partial charge < -0.3 is 5.32 Å². The number of rotatable bonds is 1. The number of benzene rings is 1. The van der Waals surface area contributed by atoms with Crippen LogP contribution < -0.4 is 16.6 Å². The van der Waals surface area contributed by atoms with Crippen LogP contribution in [0.1, 0.15) is 28.3 Å². The van der Waals surface area contributed by atoms with Gasteiger partial charge in [0.1, 0.15) is 5.82 Å². The molecule has 4 N–H and O–H groups in total. The van der Waals surface area contributed by atoms with Crippen LogP contribution in [-0.4, -0.2) is 20.2 Å². The van der Waals surface area contributed by atoms with Gasteiger partial charge in [0.2, 0.25) is 0 Å². The van der Waals surface area contributed by atoms with Gasteiger partial charge in [0.15, 0.2) is 5.82 Å². The first-order valence-electron chi connectivity index (χ1n) is 6.98. The van der Waals surface area contributed by atoms with E-state index in [4.69, 9.17) is 0 Å². The zero-order chi connectivity index (χ0) is 16.1. The van der Waals surface area contributed by atoms with Crippen LogP contribution in [0.2, 0.25) is 0 Å². The molecule has 0 saturated heterocycles. The molecule has 0 spiro atoms. The third-order valence-corrected chi connectivity index (χ3v) is 4.53. The molecule has 3 heterocycles. The summed E-state index contributed by atoms with van der Waals surface area (Å²) in [7, 11) is 0. The maximum atomic E-state index is 12.4. The van der Waals surface area contributed by atoms with Gasteiger partial charge in [-0.1, -0.05) is 28.1 Å². The summed E-state index contributed by atoms with van der Waals surface area (Å²) in [5, 5.41) is 10.2. The second-order valence-electron chi connectivity index (χ2n) is 5.42. The zero-order valence-corrected chi connectivity index (χ0v) is 13.6. The van der Waals surface area contributed by atoms with Crippen LogP contribution >= 0.6 is 15.9 Å². The van der Waals surface area contributed by atoms with Crippen molar-refractivity contribution in [3.8, 4) is 0 Å². The highest BCUT2D eigenvalue weighted by Crippen LogP contribution is 2.42. The van der Waals surface area contributed by atoms with Crippen LogP contribution in [0.3, 0.4) is 0 Å². The van der Waals surface area contributed by atoms with Crippen LogP contribution in [0.5, 0.6) is 0 Å². The maximum absolute atomic E-state index is 12.4. The minimum absolute atomic E-state index is 0.311. The molecule has 7 nitrogen and oxygen atoms in total. The molecule has 0 radical (unpaired) electrons. The number of H-pyrrole nitrogens is 3. The first-order valence-corrected chi connectivity index (χ1v) is 7.77. The second kappa shape index (κ2) is 4.95. The Bertz CT molecular complexity index is 1020. The Morgan fingerprint density at radius 2 is 1.83 bits per heavy atom. The van der Waals surface area contributed by atoms with Gasteiger partial charge in [0.05, 0.1) is 5.56 Å². The van der Waals surface area contributed by atoms with Gasteiger partial charge in [0, 0.05) is 21.6 Å². The average molecular weight is 374 g/mol. The minimum atomic E-state index is -0.550. The molecule has 8 heteroatoms. The molecule has 2 aromatic heterocycles. The Hall–Kier alpha value is -2.61. The lowest BCUT2D eigenvalue weighted by molar-refractivity contribution is 0.881. The predicted octanol–water partition coefficient (Wildman–Crippen LogP) is 2.09. The van der Waals surface area contributed by atoms with Crippen molar-refractivity contribution < 1.29 is 0 Å². The van der Waals surface area contributed by atoms with E-state index < -0.39 is 11.2 Å². The Labute approximate surface area is 138 Å². The van der Waals surface area contributed by atoms with Crippen molar-refractivity contribution in [2.24, 2.45) is 0 Å². The van der Waals surface area contributed by atoms with Crippen LogP contribution in [0.4, 0.5) is 11.6 Å². The second-order valence-corrected chi connectivity index (χ2v) is 6.33. The fraction of sp³-hybridized carbons (Fsp3) is 0.133. The summed E-state index contributed by atoms with van der Waals surface area (Å²) in [5.41, 5.74) is 2.24. The van der Waals surface area contributed by atoms with Crippen molar-refractivity contribution in [2.75, 3.05) is 5.32 Å². The van der Waals surface area contributed by atoms with Crippen molar-refractivity contribution >= 4 is 27.6 Å². The first kappa shape index (κ1) is 14.0. The quantitative estimate of drug-likeness (QED) is 0.409. The summed E-state index contributed by atoms with van der Waals surface area (Å²) < 4.78 is 0.954. The van der Waals surface area contributed by atoms with Gasteiger partial charge in [-0.3, -0.25) is 19.9 Å². The van der Waals surface area contributed by atoms with Crippen molar-refractivity contribution in [3.63, 3.8) is 0 Å². The summed E-state index contributed by atoms with van der Waals surface area (Å²) in [4.78, 5) is 29.0. The van der Waals surface area contributed by atoms with Crippen LogP contribution in [0, 0.1) is 6.92 Å². The number of nitrogens with zero attached hydrogens (tertiary/aromatic N) is 1. The Morgan fingerprint density at radius 1 is 1.09 bits per heavy atom. The Morgan fingerprint density at radius 3 is 2.57 bits per heavy atom. The van der Waals surface area contributed by atoms with Crippen molar-refractivity contribution in [3.05, 3.63) is 72.0 Å². The van der Waals surface area contributed by atoms with E-state index >= 15 is 0 Å². The molecule has 0 aliphatic carbocycles. The number of aryl methyl sites for hydroxylation is 1. The third-order valence-electron chi connectivity index (χ3n) is 4.00. The van der Waals surface area contributed by atoms with Crippen LogP contribution in [0.15, 0.2) is 38.3 Å². The van der Waals surface area contributed by atoms with Crippen LogP contribution in [0.25, 0.3) is 0 Å². The van der Waals surface area contributed by atoms with E-state index in [0.717, 1.165) is 21.3 Å². The van der Waals surface area contributed by atoms with Gasteiger partial charge in [-0.15, -0.1) is 0 Å². The zero-order valence-electron chi connectivity index (χ0n) is 12.0. The normalized spacial score (nSPS) is 15.7. The lowest BCUT2D eigenvalue weighted by Crippen LogP contribution is -2.31. The topological polar surface area (TPSA) is 106 Å². The molecule has 1 aliphatic rings. The Kier molecular flexibility index (Phi) is 3.02. The van der Waals surface area contributed by atoms with E-state index in [-0.39, 0.29) is 5.92 Å². The number of hydrogen-bond donors (Lipinski definition) is 4. The summed E-state index contributed by atoms with van der Waals surface area (Å²) >= 11 is 3.42. The van der Waals surface area contributed by atoms with E-state index in [0.29, 0.717) is 17.2 Å². The number of anilines is 2. The van der Waals surface area contributed by atoms with E-state index in [9.17, 15) is 9.59 Å². The molecule has 1 aromatic carbocycles. The van der Waals surface area contributed by atoms with E-state index in [1.54, 1.807) is 0 Å². The largest absolute Gasteiger partial charge is 0.327 e. The molecule has 0 bridgehead atoms. The molecule has 0 fully saturated rings. The molecular formula is C15H12BrN5O2. The molecule has 0 saturated carbocycles. The highest BCUT2D eigenvalue weighted by molar-refractivity contribution is 9.10. The lowest BCUT2D eigenvalue weighted by atomic mass is 9.83. The van der Waals surface area contributed by atoms with E-state index in [2.05, 4.69) is 41.4 Å². The molecule has 1 atom stereocenters. The van der Waals surface area contributed by atoms with Crippen molar-refractivity contribution in [1.29, 1.82) is 0 Å². The fourth-order valence-corrected chi connectivity index (χ4v) is 3.27. The number of nitrogens with one attached hydrogen (secondary N) is 4. The van der Waals surface area contributed by atoms with Gasteiger partial charge in [-0.05, 0) is 24.6 Å². The number of hydrogen-bond acceptors (Lipinski definition) is 4. The number of halogens is 1. The predicted molar refractivity (Wildman–Crippen MR) is 89.4 cm³/mol. The minimum Gasteiger partial charge on any atom is -0.324 e. The van der Waals surface area contributed by atoms with E-state index in [1.807, 2.05) is 31.2 Å². The summed E-state index contributed by atoms with van der Waals surface area (Å²) in [6.07, 6.45) is 0. The lowest BCUT2D eigenvalue weighted by Gasteiger charge is -2.25. The fourth-order valence-electron chi connectivity index (χ4n) is 3.01. The number of aromatic nitrogens is 4. The third kappa shape index (κ3) is 2.14. The molecule has 4 rings (SSSR count). The van der Waals surface area contributed by atoms with Crippen LogP contribution in [-0.2, 0) is 0 Å². The van der Waals surface area contributed by atoms with Crippen molar-refractivity contribution in [1.82, 2.24) is 20.2 Å². The average Bonchev–Trinajstić information content (AvgIpc) is 2.87. The molecule has 116 valence electrons. The van der Waals surface area contributed by atoms with Crippen molar-refractivity contribution in [2.45, 2.75) is 12.8 Å². The SMILES string of the molecule is Cc1[nH]nc2c1[C@H](c1ccc(Br)cc1)c1c([nH]c(=O)[nH]c1=O)N2. The maximum Gasteiger partial charge on any atom is 0.327 e. The first-order chi connectivity index (χ1) is 11.0. The molecule has 0 unspecified atom stereocenters. The molecule has 1 aliphatic heterocycles. The van der Waals surface area contributed by atoms with Gasteiger partial charge in [-0.25, -0.2) is 4.79 Å². The van der Waals surface area contributed by atoms with Gasteiger partial charge in [-0.2, -0.15) is 5.10 Å².